The third-order valence-corrected chi connectivity index (χ3v) is 3.77. The molecular weight excluding hydrogens is 282 g/mol. The smallest absolute Gasteiger partial charge is 0.129 e. The van der Waals surface area contributed by atoms with Gasteiger partial charge in [0, 0.05) is 17.0 Å². The molecule has 2 aromatic carbocycles. The van der Waals surface area contributed by atoms with Crippen molar-refractivity contribution in [1.29, 1.82) is 0 Å². The number of hydrogen-bond acceptors (Lipinski definition) is 1. The maximum atomic E-state index is 13.6. The Morgan fingerprint density at radius 3 is 2.30 bits per heavy atom. The highest BCUT2D eigenvalue weighted by Crippen LogP contribution is 2.28. The van der Waals surface area contributed by atoms with Crippen LogP contribution >= 0.6 is 11.6 Å². The molecular formula is C16H15ClF2O. The van der Waals surface area contributed by atoms with E-state index in [2.05, 4.69) is 0 Å². The number of halogens is 3. The van der Waals surface area contributed by atoms with E-state index in [9.17, 15) is 13.9 Å². The second kappa shape index (κ2) is 5.90. The van der Waals surface area contributed by atoms with Gasteiger partial charge in [-0.1, -0.05) is 23.7 Å². The molecule has 1 unspecified atom stereocenters. The van der Waals surface area contributed by atoms with Crippen molar-refractivity contribution in [2.75, 3.05) is 0 Å². The Morgan fingerprint density at radius 1 is 1.10 bits per heavy atom. The number of aliphatic hydroxyl groups is 1. The van der Waals surface area contributed by atoms with Crippen molar-refractivity contribution in [3.63, 3.8) is 0 Å². The van der Waals surface area contributed by atoms with Crippen molar-refractivity contribution in [1.82, 2.24) is 0 Å². The number of benzene rings is 2. The maximum absolute atomic E-state index is 13.6. The lowest BCUT2D eigenvalue weighted by Gasteiger charge is -2.16. The highest BCUT2D eigenvalue weighted by atomic mass is 35.5. The molecule has 0 bridgehead atoms. The average Bonchev–Trinajstić information content (AvgIpc) is 2.38. The van der Waals surface area contributed by atoms with Crippen LogP contribution in [0.5, 0.6) is 0 Å². The number of rotatable bonds is 3. The Bertz CT molecular complexity index is 620. The summed E-state index contributed by atoms with van der Waals surface area (Å²) in [5.41, 5.74) is 2.15. The van der Waals surface area contributed by atoms with Crippen molar-refractivity contribution in [3.8, 4) is 0 Å². The first-order valence-corrected chi connectivity index (χ1v) is 6.65. The minimum atomic E-state index is -0.975. The van der Waals surface area contributed by atoms with Gasteiger partial charge in [0.25, 0.3) is 0 Å². The number of aliphatic hydroxyl groups excluding tert-OH is 1. The highest BCUT2D eigenvalue weighted by molar-refractivity contribution is 6.31. The second-order valence-corrected chi connectivity index (χ2v) is 5.29. The van der Waals surface area contributed by atoms with Gasteiger partial charge in [-0.25, -0.2) is 8.78 Å². The minimum Gasteiger partial charge on any atom is -0.388 e. The lowest BCUT2D eigenvalue weighted by atomic mass is 9.95. The van der Waals surface area contributed by atoms with Crippen LogP contribution in [-0.4, -0.2) is 5.11 Å². The molecule has 0 aliphatic heterocycles. The number of hydrogen-bond donors (Lipinski definition) is 1. The Labute approximate surface area is 121 Å². The summed E-state index contributed by atoms with van der Waals surface area (Å²) in [7, 11) is 0. The fraction of sp³-hybridized carbons (Fsp3) is 0.250. The van der Waals surface area contributed by atoms with Crippen LogP contribution in [0, 0.1) is 25.5 Å². The Kier molecular flexibility index (Phi) is 4.41. The van der Waals surface area contributed by atoms with Gasteiger partial charge in [-0.3, -0.25) is 0 Å². The molecule has 0 heterocycles. The molecule has 0 saturated heterocycles. The molecule has 0 saturated carbocycles. The molecule has 0 spiro atoms. The summed E-state index contributed by atoms with van der Waals surface area (Å²) in [5, 5.41) is 10.8. The fourth-order valence-corrected chi connectivity index (χ4v) is 2.41. The highest BCUT2D eigenvalue weighted by Gasteiger charge is 2.17. The van der Waals surface area contributed by atoms with Gasteiger partial charge in [0.2, 0.25) is 0 Å². The van der Waals surface area contributed by atoms with Crippen LogP contribution in [0.4, 0.5) is 8.78 Å². The van der Waals surface area contributed by atoms with Crippen LogP contribution < -0.4 is 0 Å². The third kappa shape index (κ3) is 3.00. The van der Waals surface area contributed by atoms with Crippen LogP contribution in [0.2, 0.25) is 5.02 Å². The molecule has 2 rings (SSSR count). The van der Waals surface area contributed by atoms with Crippen molar-refractivity contribution in [2.45, 2.75) is 26.4 Å². The Hall–Kier alpha value is -1.45. The lowest BCUT2D eigenvalue weighted by molar-refractivity contribution is 0.175. The summed E-state index contributed by atoms with van der Waals surface area (Å²) in [6, 6.07) is 7.17. The molecule has 0 fully saturated rings. The monoisotopic (exact) mass is 296 g/mol. The summed E-state index contributed by atoms with van der Waals surface area (Å²) >= 11 is 6.00. The second-order valence-electron chi connectivity index (χ2n) is 4.88. The third-order valence-electron chi connectivity index (χ3n) is 3.37. The van der Waals surface area contributed by atoms with Gasteiger partial charge < -0.3 is 5.11 Å². The van der Waals surface area contributed by atoms with E-state index < -0.39 is 17.7 Å². The van der Waals surface area contributed by atoms with Gasteiger partial charge in [-0.2, -0.15) is 0 Å². The van der Waals surface area contributed by atoms with Gasteiger partial charge in [-0.15, -0.1) is 0 Å². The molecule has 0 aliphatic carbocycles. The minimum absolute atomic E-state index is 0.105. The van der Waals surface area contributed by atoms with Crippen LogP contribution in [-0.2, 0) is 6.42 Å². The van der Waals surface area contributed by atoms with Crippen LogP contribution in [0.25, 0.3) is 0 Å². The van der Waals surface area contributed by atoms with E-state index in [1.807, 2.05) is 13.8 Å². The lowest BCUT2D eigenvalue weighted by Crippen LogP contribution is -2.07. The first-order chi connectivity index (χ1) is 9.40. The van der Waals surface area contributed by atoms with Gasteiger partial charge in [0.1, 0.15) is 11.6 Å². The van der Waals surface area contributed by atoms with Crippen LogP contribution in [0.3, 0.4) is 0 Å². The zero-order valence-corrected chi connectivity index (χ0v) is 12.0. The quantitative estimate of drug-likeness (QED) is 0.883. The van der Waals surface area contributed by atoms with E-state index in [1.54, 1.807) is 12.1 Å². The maximum Gasteiger partial charge on any atom is 0.129 e. The molecule has 1 N–H and O–H groups in total. The van der Waals surface area contributed by atoms with Crippen molar-refractivity contribution >= 4 is 11.6 Å². The molecule has 2 aromatic rings. The summed E-state index contributed by atoms with van der Waals surface area (Å²) in [6.45, 7) is 3.63. The average molecular weight is 297 g/mol. The molecule has 0 radical (unpaired) electrons. The zero-order chi connectivity index (χ0) is 14.9. The van der Waals surface area contributed by atoms with E-state index in [-0.39, 0.29) is 12.0 Å². The standard InChI is InChI=1S/C16H15ClF2O/c1-9-7-13(17)10(2)6-11(9)16(20)8-12-14(18)4-3-5-15(12)19/h3-7,16,20H,8H2,1-2H3. The zero-order valence-electron chi connectivity index (χ0n) is 11.3. The summed E-state index contributed by atoms with van der Waals surface area (Å²) in [5.74, 6) is -1.29. The number of aryl methyl sites for hydroxylation is 2. The Morgan fingerprint density at radius 2 is 1.70 bits per heavy atom. The topological polar surface area (TPSA) is 20.2 Å². The van der Waals surface area contributed by atoms with Gasteiger partial charge >= 0.3 is 0 Å². The van der Waals surface area contributed by atoms with Crippen molar-refractivity contribution in [3.05, 3.63) is 69.2 Å². The molecule has 0 aliphatic rings. The predicted molar refractivity (Wildman–Crippen MR) is 75.9 cm³/mol. The van der Waals surface area contributed by atoms with Crippen molar-refractivity contribution < 1.29 is 13.9 Å². The van der Waals surface area contributed by atoms with Gasteiger partial charge in [0.15, 0.2) is 0 Å². The predicted octanol–water partition coefficient (Wildman–Crippen LogP) is 4.51. The summed E-state index contributed by atoms with van der Waals surface area (Å²) in [4.78, 5) is 0. The van der Waals surface area contributed by atoms with E-state index in [0.717, 1.165) is 11.1 Å². The normalized spacial score (nSPS) is 12.5. The molecule has 1 nitrogen and oxygen atoms in total. The molecule has 1 atom stereocenters. The SMILES string of the molecule is Cc1cc(C(O)Cc2c(F)cccc2F)c(C)cc1Cl. The van der Waals surface area contributed by atoms with Gasteiger partial charge in [0.05, 0.1) is 6.10 Å². The summed E-state index contributed by atoms with van der Waals surface area (Å²) in [6.07, 6.45) is -1.09. The van der Waals surface area contributed by atoms with Gasteiger partial charge in [-0.05, 0) is 48.7 Å². The first-order valence-electron chi connectivity index (χ1n) is 6.27. The van der Waals surface area contributed by atoms with Crippen LogP contribution in [0.15, 0.2) is 30.3 Å². The van der Waals surface area contributed by atoms with E-state index in [1.165, 1.54) is 18.2 Å². The molecule has 0 amide bonds. The fourth-order valence-electron chi connectivity index (χ4n) is 2.19. The molecule has 4 heteroatoms. The first kappa shape index (κ1) is 14.9. The largest absolute Gasteiger partial charge is 0.388 e. The van der Waals surface area contributed by atoms with Crippen molar-refractivity contribution in [2.24, 2.45) is 0 Å². The molecule has 0 aromatic heterocycles. The van der Waals surface area contributed by atoms with E-state index in [0.29, 0.717) is 10.6 Å². The van der Waals surface area contributed by atoms with E-state index >= 15 is 0 Å². The molecule has 20 heavy (non-hydrogen) atoms. The van der Waals surface area contributed by atoms with Crippen LogP contribution in [0.1, 0.15) is 28.4 Å². The van der Waals surface area contributed by atoms with E-state index in [4.69, 9.17) is 11.6 Å². The molecule has 106 valence electrons. The Balaban J connectivity index is 2.33. The summed E-state index contributed by atoms with van der Waals surface area (Å²) < 4.78 is 27.2.